The molecule has 130 valence electrons. The van der Waals surface area contributed by atoms with Crippen LogP contribution in [0.2, 0.25) is 0 Å². The van der Waals surface area contributed by atoms with Crippen molar-refractivity contribution in [3.8, 4) is 17.2 Å². The summed E-state index contributed by atoms with van der Waals surface area (Å²) in [5, 5.41) is 18.0. The minimum absolute atomic E-state index is 0.156. The molecule has 0 saturated carbocycles. The maximum atomic E-state index is 11.5. The average molecular weight is 368 g/mol. The van der Waals surface area contributed by atoms with E-state index < -0.39 is 0 Å². The van der Waals surface area contributed by atoms with E-state index in [0.717, 1.165) is 22.9 Å². The fourth-order valence-corrected chi connectivity index (χ4v) is 3.39. The van der Waals surface area contributed by atoms with Gasteiger partial charge in [-0.25, -0.2) is 0 Å². The van der Waals surface area contributed by atoms with Crippen LogP contribution >= 0.6 is 23.1 Å². The van der Waals surface area contributed by atoms with Crippen molar-refractivity contribution >= 4 is 28.9 Å². The average Bonchev–Trinajstić information content (AvgIpc) is 3.07. The van der Waals surface area contributed by atoms with Crippen molar-refractivity contribution in [3.63, 3.8) is 0 Å². The van der Waals surface area contributed by atoms with Crippen LogP contribution in [0.4, 0.5) is 0 Å². The third-order valence-corrected chi connectivity index (χ3v) is 4.98. The van der Waals surface area contributed by atoms with E-state index in [-0.39, 0.29) is 22.8 Å². The molecule has 0 spiro atoms. The van der Waals surface area contributed by atoms with Crippen molar-refractivity contribution in [1.82, 2.24) is 10.2 Å². The number of ketones is 1. The molecule has 0 radical (unpaired) electrons. The Hall–Kier alpha value is -1.80. The molecule has 0 amide bonds. The molecule has 6 nitrogen and oxygen atoms in total. The highest BCUT2D eigenvalue weighted by Gasteiger charge is 2.17. The fraction of sp³-hybridized carbons (Fsp3) is 0.438. The van der Waals surface area contributed by atoms with Gasteiger partial charge in [-0.1, -0.05) is 30.0 Å². The Bertz CT molecular complexity index is 662. The summed E-state index contributed by atoms with van der Waals surface area (Å²) >= 11 is 3.14. The molecule has 8 heteroatoms. The number of phenols is 1. The van der Waals surface area contributed by atoms with Crippen molar-refractivity contribution < 1.29 is 19.4 Å². The first-order chi connectivity index (χ1) is 11.6. The molecule has 0 bridgehead atoms. The quantitative estimate of drug-likeness (QED) is 0.388. The lowest BCUT2D eigenvalue weighted by molar-refractivity contribution is 0.101. The van der Waals surface area contributed by atoms with Crippen LogP contribution in [-0.4, -0.2) is 40.1 Å². The molecule has 0 atom stereocenters. The molecule has 1 aromatic carbocycles. The lowest BCUT2D eigenvalue weighted by Gasteiger charge is -2.15. The fourth-order valence-electron chi connectivity index (χ4n) is 1.92. The van der Waals surface area contributed by atoms with E-state index in [2.05, 4.69) is 10.2 Å². The molecule has 24 heavy (non-hydrogen) atoms. The van der Waals surface area contributed by atoms with Gasteiger partial charge in [0.15, 0.2) is 21.6 Å². The number of nitrogens with zero attached hydrogens (tertiary/aromatic N) is 2. The number of phenolic OH excluding ortho intramolecular Hbond substituents is 1. The molecular weight excluding hydrogens is 348 g/mol. The van der Waals surface area contributed by atoms with Crippen molar-refractivity contribution in [2.45, 2.75) is 31.0 Å². The smallest absolute Gasteiger partial charge is 0.204 e. The molecule has 2 aromatic rings. The molecule has 0 unspecified atom stereocenters. The van der Waals surface area contributed by atoms with E-state index >= 15 is 0 Å². The molecular formula is C16H20N2O4S2. The highest BCUT2D eigenvalue weighted by Crippen LogP contribution is 2.39. The Kier molecular flexibility index (Phi) is 7.33. The van der Waals surface area contributed by atoms with Gasteiger partial charge in [-0.05, 0) is 31.9 Å². The van der Waals surface area contributed by atoms with Gasteiger partial charge in [-0.15, -0.1) is 10.2 Å². The number of ether oxygens (including phenoxy) is 2. The maximum absolute atomic E-state index is 11.5. The maximum Gasteiger partial charge on any atom is 0.204 e. The first-order valence-electron chi connectivity index (χ1n) is 7.65. The molecule has 1 N–H and O–H groups in total. The SMILES string of the molecule is CCCOc1c(OCCCSc2nncs2)ccc(C(C)=O)c1O. The number of Topliss-reactive ketones (excluding diaryl/α,β-unsaturated/α-hetero) is 1. The van der Waals surface area contributed by atoms with Gasteiger partial charge in [0, 0.05) is 5.75 Å². The lowest BCUT2D eigenvalue weighted by Crippen LogP contribution is -2.05. The van der Waals surface area contributed by atoms with Crippen molar-refractivity contribution in [3.05, 3.63) is 23.2 Å². The third kappa shape index (κ3) is 5.10. The van der Waals surface area contributed by atoms with Gasteiger partial charge in [0.25, 0.3) is 0 Å². The number of hydrogen-bond donors (Lipinski definition) is 1. The van der Waals surface area contributed by atoms with Crippen LogP contribution in [0.3, 0.4) is 0 Å². The third-order valence-electron chi connectivity index (χ3n) is 3.04. The van der Waals surface area contributed by atoms with Crippen molar-refractivity contribution in [1.29, 1.82) is 0 Å². The van der Waals surface area contributed by atoms with Crippen LogP contribution < -0.4 is 9.47 Å². The van der Waals surface area contributed by atoms with Crippen LogP contribution in [0.25, 0.3) is 0 Å². The summed E-state index contributed by atoms with van der Waals surface area (Å²) in [5.74, 6) is 1.18. The van der Waals surface area contributed by atoms with Gasteiger partial charge in [0.05, 0.1) is 18.8 Å². The highest BCUT2D eigenvalue weighted by atomic mass is 32.2. The summed E-state index contributed by atoms with van der Waals surface area (Å²) in [5.41, 5.74) is 1.94. The summed E-state index contributed by atoms with van der Waals surface area (Å²) in [7, 11) is 0. The van der Waals surface area contributed by atoms with Crippen LogP contribution in [0, 0.1) is 0 Å². The molecule has 1 aromatic heterocycles. The summed E-state index contributed by atoms with van der Waals surface area (Å²) in [4.78, 5) is 11.5. The second kappa shape index (κ2) is 9.48. The Morgan fingerprint density at radius 1 is 1.33 bits per heavy atom. The molecule has 0 saturated heterocycles. The van der Waals surface area contributed by atoms with Gasteiger partial charge >= 0.3 is 0 Å². The predicted octanol–water partition coefficient (Wildman–Crippen LogP) is 3.80. The molecule has 0 aliphatic carbocycles. The Labute approximate surface area is 149 Å². The van der Waals surface area contributed by atoms with Crippen LogP contribution in [-0.2, 0) is 0 Å². The number of hydrogen-bond acceptors (Lipinski definition) is 8. The van der Waals surface area contributed by atoms with E-state index in [1.54, 1.807) is 29.4 Å². The standard InChI is InChI=1S/C16H20N2O4S2/c1-3-7-22-15-13(6-5-12(11(2)19)14(15)20)21-8-4-9-23-16-18-17-10-24-16/h5-6,10,20H,3-4,7-9H2,1-2H3. The summed E-state index contributed by atoms with van der Waals surface area (Å²) in [6.45, 7) is 4.30. The van der Waals surface area contributed by atoms with E-state index in [9.17, 15) is 9.90 Å². The number of aromatic hydroxyl groups is 1. The Morgan fingerprint density at radius 2 is 2.17 bits per heavy atom. The van der Waals surface area contributed by atoms with Gasteiger partial charge in [-0.3, -0.25) is 4.79 Å². The topological polar surface area (TPSA) is 81.5 Å². The minimum Gasteiger partial charge on any atom is -0.504 e. The number of aromatic nitrogens is 2. The first-order valence-corrected chi connectivity index (χ1v) is 9.51. The largest absolute Gasteiger partial charge is 0.504 e. The number of benzene rings is 1. The molecule has 0 aliphatic rings. The van der Waals surface area contributed by atoms with Gasteiger partial charge in [0.2, 0.25) is 5.75 Å². The Morgan fingerprint density at radius 3 is 2.83 bits per heavy atom. The number of thioether (sulfide) groups is 1. The van der Waals surface area contributed by atoms with Crippen molar-refractivity contribution in [2.24, 2.45) is 0 Å². The van der Waals surface area contributed by atoms with E-state index in [1.165, 1.54) is 18.3 Å². The molecule has 2 rings (SSSR count). The summed E-state index contributed by atoms with van der Waals surface area (Å²) < 4.78 is 12.2. The van der Waals surface area contributed by atoms with Gasteiger partial charge < -0.3 is 14.6 Å². The van der Waals surface area contributed by atoms with Crippen LogP contribution in [0.1, 0.15) is 37.0 Å². The van der Waals surface area contributed by atoms with Gasteiger partial charge in [0.1, 0.15) is 5.51 Å². The molecule has 0 aliphatic heterocycles. The molecule has 1 heterocycles. The number of carbonyl (C=O) groups is 1. The zero-order valence-corrected chi connectivity index (χ0v) is 15.3. The second-order valence-electron chi connectivity index (χ2n) is 4.95. The van der Waals surface area contributed by atoms with Crippen molar-refractivity contribution in [2.75, 3.05) is 19.0 Å². The van der Waals surface area contributed by atoms with Gasteiger partial charge in [-0.2, -0.15) is 0 Å². The Balaban J connectivity index is 1.94. The second-order valence-corrected chi connectivity index (χ2v) is 7.12. The summed E-state index contributed by atoms with van der Waals surface area (Å²) in [6, 6.07) is 3.22. The lowest BCUT2D eigenvalue weighted by atomic mass is 10.1. The zero-order chi connectivity index (χ0) is 17.4. The van der Waals surface area contributed by atoms with E-state index in [0.29, 0.717) is 19.0 Å². The molecule has 0 fully saturated rings. The monoisotopic (exact) mass is 368 g/mol. The van der Waals surface area contributed by atoms with E-state index in [1.807, 2.05) is 6.92 Å². The number of carbonyl (C=O) groups excluding carboxylic acids is 1. The van der Waals surface area contributed by atoms with Crippen LogP contribution in [0.5, 0.6) is 17.2 Å². The number of rotatable bonds is 10. The predicted molar refractivity (Wildman–Crippen MR) is 94.6 cm³/mol. The summed E-state index contributed by atoms with van der Waals surface area (Å²) in [6.07, 6.45) is 1.61. The first kappa shape index (κ1) is 18.5. The minimum atomic E-state index is -0.214. The normalized spacial score (nSPS) is 10.6. The zero-order valence-electron chi connectivity index (χ0n) is 13.7. The van der Waals surface area contributed by atoms with Crippen LogP contribution in [0.15, 0.2) is 22.0 Å². The van der Waals surface area contributed by atoms with E-state index in [4.69, 9.17) is 9.47 Å². The highest BCUT2D eigenvalue weighted by molar-refractivity contribution is 8.00.